The number of hydrogen-bond acceptors (Lipinski definition) is 7. The molecule has 3 rings (SSSR count). The smallest absolute Gasteiger partial charge is 0.256 e. The van der Waals surface area contributed by atoms with E-state index in [-0.39, 0.29) is 11.8 Å². The van der Waals surface area contributed by atoms with Crippen molar-refractivity contribution in [3.63, 3.8) is 0 Å². The van der Waals surface area contributed by atoms with E-state index in [0.717, 1.165) is 17.9 Å². The third kappa shape index (κ3) is 5.27. The molecule has 0 saturated carbocycles. The van der Waals surface area contributed by atoms with Gasteiger partial charge in [0.15, 0.2) is 11.5 Å². The molecule has 1 aromatic carbocycles. The molecule has 0 atom stereocenters. The molecule has 1 fully saturated rings. The van der Waals surface area contributed by atoms with E-state index in [4.69, 9.17) is 14.2 Å². The zero-order valence-corrected chi connectivity index (χ0v) is 19.7. The molecular formula is C23H29N3O5S. The molecule has 172 valence electrons. The van der Waals surface area contributed by atoms with Crippen LogP contribution in [0, 0.1) is 5.92 Å². The zero-order chi connectivity index (χ0) is 23.1. The summed E-state index contributed by atoms with van der Waals surface area (Å²) < 4.78 is 16.0. The Bertz CT molecular complexity index is 935. The Kier molecular flexibility index (Phi) is 8.21. The number of hydrogen-bond donors (Lipinski definition) is 1. The van der Waals surface area contributed by atoms with Gasteiger partial charge in [-0.1, -0.05) is 0 Å². The Hall–Kier alpha value is -2.94. The minimum Gasteiger partial charge on any atom is -0.493 e. The number of nitrogens with zero attached hydrogens (tertiary/aromatic N) is 2. The maximum Gasteiger partial charge on any atom is 0.256 e. The number of piperidine rings is 1. The normalized spacial score (nSPS) is 14.1. The van der Waals surface area contributed by atoms with Crippen LogP contribution in [0.15, 0.2) is 35.5 Å². The van der Waals surface area contributed by atoms with E-state index in [1.807, 2.05) is 17.2 Å². The van der Waals surface area contributed by atoms with Gasteiger partial charge in [-0.2, -0.15) is 0 Å². The molecule has 0 spiro atoms. The molecule has 0 aliphatic carbocycles. The zero-order valence-electron chi connectivity index (χ0n) is 18.8. The molecule has 32 heavy (non-hydrogen) atoms. The summed E-state index contributed by atoms with van der Waals surface area (Å²) in [7, 11) is 4.55. The van der Waals surface area contributed by atoms with Crippen molar-refractivity contribution in [2.75, 3.05) is 47.2 Å². The van der Waals surface area contributed by atoms with Crippen molar-refractivity contribution in [2.24, 2.45) is 5.92 Å². The number of methoxy groups -OCH3 is 3. The Labute approximate surface area is 192 Å². The Morgan fingerprint density at radius 1 is 1.12 bits per heavy atom. The molecule has 2 amide bonds. The first kappa shape index (κ1) is 23.7. The standard InChI is InChI=1S/C23H29N3O5S/c1-29-18-12-16(13-19(30-2)20(18)31-3)21(27)25-14-15-7-10-26(11-8-15)23(28)17-6-5-9-24-22(17)32-4/h5-6,9,12-13,15H,7-8,10-11,14H2,1-4H3,(H,25,27). The number of nitrogens with one attached hydrogen (secondary N) is 1. The number of rotatable bonds is 8. The molecule has 1 aliphatic heterocycles. The van der Waals surface area contributed by atoms with Crippen LogP contribution in [-0.4, -0.2) is 68.9 Å². The maximum atomic E-state index is 12.9. The van der Waals surface area contributed by atoms with Gasteiger partial charge in [0.1, 0.15) is 5.03 Å². The maximum absolute atomic E-state index is 12.9. The first-order chi connectivity index (χ1) is 15.5. The topological polar surface area (TPSA) is 90.0 Å². The van der Waals surface area contributed by atoms with E-state index < -0.39 is 0 Å². The molecule has 1 N–H and O–H groups in total. The van der Waals surface area contributed by atoms with E-state index in [0.29, 0.717) is 53.9 Å². The van der Waals surface area contributed by atoms with Crippen LogP contribution in [0.5, 0.6) is 17.2 Å². The Morgan fingerprint density at radius 3 is 2.34 bits per heavy atom. The highest BCUT2D eigenvalue weighted by Crippen LogP contribution is 2.38. The van der Waals surface area contributed by atoms with Crippen LogP contribution in [0.4, 0.5) is 0 Å². The van der Waals surface area contributed by atoms with Gasteiger partial charge in [0.2, 0.25) is 5.75 Å². The summed E-state index contributed by atoms with van der Waals surface area (Å²) >= 11 is 1.47. The molecule has 1 aromatic heterocycles. The molecule has 2 aromatic rings. The minimum absolute atomic E-state index is 0.0161. The van der Waals surface area contributed by atoms with Gasteiger partial charge in [-0.25, -0.2) is 4.98 Å². The highest BCUT2D eigenvalue weighted by Gasteiger charge is 2.26. The SMILES string of the molecule is COc1cc(C(=O)NCC2CCN(C(=O)c3cccnc3SC)CC2)cc(OC)c1OC. The highest BCUT2D eigenvalue weighted by atomic mass is 32.2. The first-order valence-electron chi connectivity index (χ1n) is 10.4. The summed E-state index contributed by atoms with van der Waals surface area (Å²) in [5.41, 5.74) is 1.09. The summed E-state index contributed by atoms with van der Waals surface area (Å²) in [5, 5.41) is 3.74. The van der Waals surface area contributed by atoms with Crippen LogP contribution in [0.2, 0.25) is 0 Å². The summed E-state index contributed by atoms with van der Waals surface area (Å²) in [6, 6.07) is 6.88. The lowest BCUT2D eigenvalue weighted by molar-refractivity contribution is 0.0680. The summed E-state index contributed by atoms with van der Waals surface area (Å²) in [6.07, 6.45) is 5.28. The molecule has 1 aliphatic rings. The second-order valence-electron chi connectivity index (χ2n) is 7.42. The number of aromatic nitrogens is 1. The molecule has 0 radical (unpaired) electrons. The predicted octanol–water partition coefficient (Wildman–Crippen LogP) is 3.11. The van der Waals surface area contributed by atoms with Crippen molar-refractivity contribution in [3.05, 3.63) is 41.6 Å². The largest absolute Gasteiger partial charge is 0.493 e. The van der Waals surface area contributed by atoms with Gasteiger partial charge in [0.05, 0.1) is 26.9 Å². The Balaban J connectivity index is 1.56. The quantitative estimate of drug-likeness (QED) is 0.607. The fourth-order valence-electron chi connectivity index (χ4n) is 3.78. The van der Waals surface area contributed by atoms with E-state index in [1.54, 1.807) is 24.4 Å². The van der Waals surface area contributed by atoms with Crippen molar-refractivity contribution in [1.29, 1.82) is 0 Å². The van der Waals surface area contributed by atoms with E-state index >= 15 is 0 Å². The van der Waals surface area contributed by atoms with Gasteiger partial charge in [0.25, 0.3) is 11.8 Å². The van der Waals surface area contributed by atoms with Crippen LogP contribution in [-0.2, 0) is 0 Å². The van der Waals surface area contributed by atoms with Crippen LogP contribution in [0.3, 0.4) is 0 Å². The second-order valence-corrected chi connectivity index (χ2v) is 8.21. The third-order valence-corrected chi connectivity index (χ3v) is 6.29. The molecule has 9 heteroatoms. The Morgan fingerprint density at radius 2 is 1.78 bits per heavy atom. The fraction of sp³-hybridized carbons (Fsp3) is 0.435. The number of thioether (sulfide) groups is 1. The molecule has 8 nitrogen and oxygen atoms in total. The number of carbonyl (C=O) groups is 2. The lowest BCUT2D eigenvalue weighted by atomic mass is 9.96. The minimum atomic E-state index is -0.206. The van der Waals surface area contributed by atoms with E-state index in [2.05, 4.69) is 10.3 Å². The number of carbonyl (C=O) groups excluding carboxylic acids is 2. The van der Waals surface area contributed by atoms with Gasteiger partial charge in [-0.15, -0.1) is 11.8 Å². The predicted molar refractivity (Wildman–Crippen MR) is 123 cm³/mol. The molecule has 1 saturated heterocycles. The van der Waals surface area contributed by atoms with Crippen molar-refractivity contribution in [2.45, 2.75) is 17.9 Å². The van der Waals surface area contributed by atoms with Gasteiger partial charge < -0.3 is 24.4 Å². The molecule has 2 heterocycles. The monoisotopic (exact) mass is 459 g/mol. The van der Waals surface area contributed by atoms with Crippen LogP contribution < -0.4 is 19.5 Å². The lowest BCUT2D eigenvalue weighted by Gasteiger charge is -2.32. The van der Waals surface area contributed by atoms with E-state index in [9.17, 15) is 9.59 Å². The van der Waals surface area contributed by atoms with E-state index in [1.165, 1.54) is 33.1 Å². The number of benzene rings is 1. The summed E-state index contributed by atoms with van der Waals surface area (Å²) in [6.45, 7) is 1.86. The molecule has 0 unspecified atom stereocenters. The second kappa shape index (κ2) is 11.1. The van der Waals surface area contributed by atoms with Gasteiger partial charge in [-0.3, -0.25) is 9.59 Å². The average molecular weight is 460 g/mol. The average Bonchev–Trinajstić information content (AvgIpc) is 2.85. The number of pyridine rings is 1. The van der Waals surface area contributed by atoms with Crippen molar-refractivity contribution < 1.29 is 23.8 Å². The van der Waals surface area contributed by atoms with Gasteiger partial charge in [-0.05, 0) is 49.3 Å². The fourth-order valence-corrected chi connectivity index (χ4v) is 4.32. The highest BCUT2D eigenvalue weighted by molar-refractivity contribution is 7.98. The summed E-state index contributed by atoms with van der Waals surface area (Å²) in [5.74, 6) is 1.43. The van der Waals surface area contributed by atoms with Crippen LogP contribution >= 0.6 is 11.8 Å². The lowest BCUT2D eigenvalue weighted by Crippen LogP contribution is -2.41. The van der Waals surface area contributed by atoms with Crippen molar-refractivity contribution >= 4 is 23.6 Å². The van der Waals surface area contributed by atoms with Crippen LogP contribution in [0.25, 0.3) is 0 Å². The van der Waals surface area contributed by atoms with Crippen LogP contribution in [0.1, 0.15) is 33.6 Å². The number of ether oxygens (including phenoxy) is 3. The van der Waals surface area contributed by atoms with Crippen molar-refractivity contribution in [1.82, 2.24) is 15.2 Å². The number of amides is 2. The van der Waals surface area contributed by atoms with Crippen molar-refractivity contribution in [3.8, 4) is 17.2 Å². The first-order valence-corrected chi connectivity index (χ1v) is 11.6. The molecular weight excluding hydrogens is 430 g/mol. The van der Waals surface area contributed by atoms with Gasteiger partial charge >= 0.3 is 0 Å². The molecule has 0 bridgehead atoms. The number of likely N-dealkylation sites (tertiary alicyclic amines) is 1. The third-order valence-electron chi connectivity index (χ3n) is 5.57. The van der Waals surface area contributed by atoms with Gasteiger partial charge in [0, 0.05) is 31.4 Å². The summed E-state index contributed by atoms with van der Waals surface area (Å²) in [4.78, 5) is 31.7.